The summed E-state index contributed by atoms with van der Waals surface area (Å²) in [5.41, 5.74) is 16.3. The van der Waals surface area contributed by atoms with Gasteiger partial charge < -0.3 is 93.6 Å². The Morgan fingerprint density at radius 1 is 0.443 bits per heavy atom. The molecule has 5 heterocycles. The molecular weight excluding hydrogens is 2140 g/mol. The maximum absolute atomic E-state index is 13.0. The van der Waals surface area contributed by atoms with Crippen LogP contribution in [0.25, 0.3) is 0 Å². The maximum atomic E-state index is 13.0. The third kappa shape index (κ3) is 48.6. The van der Waals surface area contributed by atoms with Crippen molar-refractivity contribution in [2.75, 3.05) is 198 Å². The lowest BCUT2D eigenvalue weighted by atomic mass is 9.84. The van der Waals surface area contributed by atoms with Crippen LogP contribution in [0.3, 0.4) is 0 Å². The number of rotatable bonds is 52. The topological polar surface area (TPSA) is 447 Å². The first-order chi connectivity index (χ1) is 71.2. The highest BCUT2D eigenvalue weighted by atomic mass is 35.5. The second-order valence-electron chi connectivity index (χ2n) is 33.7. The SMILES string of the molecule is CCCC(=O)CCC(=O)NCCOCCOCCOCCNCc1cccc(C2CN(C)Cc3c(Cl)cc(Cl)cc32)c1.CCOCCOCCOCCCS(=O)(=O)c1cccc(C2CN(C)Cc3c(Cl)cc(Cl)cc32)c1.CN1Cc2c(Cl)cc(Cl)cc2C(c2cccc(S(=O)(=O)CCCOCCOCCOCCN)c2)C1.O=C(CCC(=O)ON1C(=O)CCC1=O)ON1C(=O)CCC1=O.O=C(O)C(F)(F)F.O=C(O)C(F)(F)F.[2H]CF. The fraction of sp³-hybridized carbons (Fsp3) is 0.535. The van der Waals surface area contributed by atoms with Crippen LogP contribution in [-0.4, -0.2) is 321 Å². The summed E-state index contributed by atoms with van der Waals surface area (Å²) >= 11 is 38.4. The number of nitrogens with two attached hydrogens (primary N) is 1. The van der Waals surface area contributed by atoms with E-state index >= 15 is 0 Å². The number of benzene rings is 6. The third-order valence-corrected chi connectivity index (χ3v) is 27.3. The van der Waals surface area contributed by atoms with E-state index in [1.165, 1.54) is 16.7 Å². The normalized spacial score (nSPS) is 15.7. The summed E-state index contributed by atoms with van der Waals surface area (Å²) in [5.74, 6) is -9.71. The number of sulfone groups is 2. The van der Waals surface area contributed by atoms with Gasteiger partial charge in [-0.05, 0) is 164 Å². The van der Waals surface area contributed by atoms with Crippen LogP contribution in [0.15, 0.2) is 119 Å². The number of nitrogens with one attached hydrogen (secondary N) is 2. The number of hydrogen-bond acceptors (Lipinski definition) is 30. The van der Waals surface area contributed by atoms with Crippen molar-refractivity contribution in [3.05, 3.63) is 195 Å². The smallest absolute Gasteiger partial charge is 0.475 e. The Kier molecular flexibility index (Phi) is 59.7. The molecule has 149 heavy (non-hydrogen) atoms. The highest BCUT2D eigenvalue weighted by Crippen LogP contribution is 2.43. The van der Waals surface area contributed by atoms with E-state index in [9.17, 15) is 85.9 Å². The van der Waals surface area contributed by atoms with Gasteiger partial charge in [0, 0.05) is 178 Å². The van der Waals surface area contributed by atoms with E-state index < -0.39 is 99.5 Å². The number of imide groups is 2. The Labute approximate surface area is 893 Å². The number of hydrogen-bond donors (Lipinski definition) is 5. The lowest BCUT2D eigenvalue weighted by molar-refractivity contribution is -0.201. The van der Waals surface area contributed by atoms with Gasteiger partial charge in [-0.15, -0.1) is 10.1 Å². The zero-order valence-corrected chi connectivity index (χ0v) is 89.3. The molecule has 6 N–H and O–H groups in total. The Balaban J connectivity index is 0.000000338. The molecule has 6 aromatic rings. The molecule has 0 saturated carbocycles. The minimum atomic E-state index is -5.08. The molecule has 0 spiro atoms. The molecule has 2 fully saturated rings. The average Bonchev–Trinajstić information content (AvgIpc) is 0.921. The average molecular weight is 2270 g/mol. The van der Waals surface area contributed by atoms with Gasteiger partial charge in [0.05, 0.1) is 142 Å². The molecule has 0 aromatic heterocycles. The van der Waals surface area contributed by atoms with Crippen molar-refractivity contribution in [3.8, 4) is 0 Å². The first-order valence-electron chi connectivity index (χ1n) is 48.1. The van der Waals surface area contributed by atoms with E-state index in [0.29, 0.717) is 203 Å². The van der Waals surface area contributed by atoms with E-state index in [0.717, 1.165) is 103 Å². The number of aliphatic carboxylic acids is 2. The summed E-state index contributed by atoms with van der Waals surface area (Å²) in [6.45, 7) is 19.7. The summed E-state index contributed by atoms with van der Waals surface area (Å²) in [7, 11) is -1.69. The minimum Gasteiger partial charge on any atom is -0.475 e. The van der Waals surface area contributed by atoms with Crippen molar-refractivity contribution >= 4 is 148 Å². The van der Waals surface area contributed by atoms with Gasteiger partial charge in [-0.25, -0.2) is 36.0 Å². The lowest BCUT2D eigenvalue weighted by Crippen LogP contribution is -2.33. The molecule has 3 unspecified atom stereocenters. The van der Waals surface area contributed by atoms with Gasteiger partial charge in [0.1, 0.15) is 5.78 Å². The molecule has 5 amide bonds. The van der Waals surface area contributed by atoms with E-state index in [2.05, 4.69) is 72.4 Å². The quantitative estimate of drug-likeness (QED) is 0.0134. The number of alkyl halides is 7. The highest BCUT2D eigenvalue weighted by molar-refractivity contribution is 7.91. The summed E-state index contributed by atoms with van der Waals surface area (Å²) in [4.78, 5) is 125. The molecule has 11 rings (SSSR count). The summed E-state index contributed by atoms with van der Waals surface area (Å²) in [6.07, 6.45) is -8.50. The van der Waals surface area contributed by atoms with Crippen LogP contribution in [0.5, 0.6) is 0 Å². The van der Waals surface area contributed by atoms with E-state index in [-0.39, 0.29) is 73.1 Å². The van der Waals surface area contributed by atoms with Crippen LogP contribution < -0.4 is 16.4 Å². The zero-order chi connectivity index (χ0) is 111. The number of nitrogens with zero attached hydrogens (tertiary/aromatic N) is 5. The highest BCUT2D eigenvalue weighted by Gasteiger charge is 2.41. The third-order valence-electron chi connectivity index (χ3n) is 22.1. The van der Waals surface area contributed by atoms with Crippen molar-refractivity contribution in [2.24, 2.45) is 5.73 Å². The van der Waals surface area contributed by atoms with Crippen LogP contribution >= 0.6 is 69.6 Å². The number of fused-ring (bicyclic) bond motifs is 3. The Morgan fingerprint density at radius 2 is 0.765 bits per heavy atom. The van der Waals surface area contributed by atoms with Gasteiger partial charge in [0.2, 0.25) is 5.91 Å². The van der Waals surface area contributed by atoms with E-state index in [4.69, 9.17) is 139 Å². The van der Waals surface area contributed by atoms with Crippen molar-refractivity contribution < 1.29 is 159 Å². The Bertz CT molecular complexity index is 5450. The van der Waals surface area contributed by atoms with Gasteiger partial charge >= 0.3 is 36.2 Å². The van der Waals surface area contributed by atoms with Crippen molar-refractivity contribution in [1.82, 2.24) is 35.5 Å². The van der Waals surface area contributed by atoms with Gasteiger partial charge in [-0.3, -0.25) is 33.2 Å². The van der Waals surface area contributed by atoms with Gasteiger partial charge in [0.15, 0.2) is 19.7 Å². The van der Waals surface area contributed by atoms with Crippen LogP contribution in [0, 0.1) is 0 Å². The number of halogens is 13. The molecule has 830 valence electrons. The Hall–Kier alpha value is -8.79. The lowest BCUT2D eigenvalue weighted by Gasteiger charge is -2.33. The molecule has 5 aliphatic rings. The fourth-order valence-electron chi connectivity index (χ4n) is 15.0. The van der Waals surface area contributed by atoms with E-state index in [1.54, 1.807) is 48.5 Å². The molecule has 0 radical (unpaired) electrons. The van der Waals surface area contributed by atoms with Crippen molar-refractivity contribution in [3.63, 3.8) is 0 Å². The molecule has 0 aliphatic carbocycles. The number of Topliss-reactive ketones (excluding diaryl/α,β-unsaturated/α-hetero) is 1. The first kappa shape index (κ1) is 129. The zero-order valence-electron chi connectivity index (χ0n) is 84.2. The molecular formula is C99H129Cl6F7N8O27S2. The molecule has 35 nitrogen and oxygen atoms in total. The number of ketones is 1. The molecule has 2 saturated heterocycles. The van der Waals surface area contributed by atoms with Crippen LogP contribution in [-0.2, 0) is 146 Å². The van der Waals surface area contributed by atoms with Crippen LogP contribution in [0.4, 0.5) is 30.7 Å². The Morgan fingerprint density at radius 3 is 1.11 bits per heavy atom. The van der Waals surface area contributed by atoms with E-state index in [1.807, 2.05) is 58.3 Å². The number of carbonyl (C=O) groups is 10. The van der Waals surface area contributed by atoms with Gasteiger partial charge in [0.25, 0.3) is 23.6 Å². The molecule has 5 aliphatic heterocycles. The largest absolute Gasteiger partial charge is 0.490 e. The number of ether oxygens (including phenoxy) is 9. The molecule has 50 heteroatoms. The number of carboxylic acid groups (broad SMARTS) is 2. The van der Waals surface area contributed by atoms with Gasteiger partial charge in [-0.1, -0.05) is 125 Å². The molecule has 0 bridgehead atoms. The van der Waals surface area contributed by atoms with Crippen molar-refractivity contribution in [1.29, 1.82) is 0 Å². The summed E-state index contributed by atoms with van der Waals surface area (Å²) in [6, 6.07) is 34.4. The predicted octanol–water partition coefficient (Wildman–Crippen LogP) is 14.4. The predicted molar refractivity (Wildman–Crippen MR) is 541 cm³/mol. The van der Waals surface area contributed by atoms with Gasteiger partial charge in [-0.2, -0.15) is 26.3 Å². The second kappa shape index (κ2) is 69.1. The van der Waals surface area contributed by atoms with Crippen molar-refractivity contribution in [2.45, 2.75) is 157 Å². The fourth-order valence-corrected chi connectivity index (χ4v) is 19.4. The maximum Gasteiger partial charge on any atom is 0.490 e. The number of amides is 5. The standard InChI is InChI=1S/C32H45Cl2N3O5.C25H34Cl2N2O5S.C25H33Cl2NO5S.C12H12N2O8.2C2HF3O2.CH3F/c1-3-5-27(38)8-9-32(39)36-11-13-41-15-17-42-16-14-40-12-10-35-21-24-6-4-7-25(18-24)29-22-37(2)23-30-28(29)19-26(33)20-31(30)34;1-29-17-23(22-15-20(26)16-25(27)24(22)18-29)19-4-2-5-21(14-19)35(30,31)13-3-7-32-9-11-34-12-10-33-8-6-28;1-3-31-9-10-33-12-11-32-8-5-13-34(29,30)21-7-4-6-19(14-21)23-17-28(2)18-24-22(23)15-20(26)16-25(24)27;15-7-1-2-8(16)13(7)21-11(19)5-6-12(20)22-14-9(17)3-4-10(14)18;2*3-2(4,5)1(6)7;1-2/h4,6-7,18-20,29,35H,3,5,8-17,21-23H2,1-2H3,(H,36,39);2,4-5,14-16,23H,3,6-13,17-18,28H2,1H3;4,6-7,14-16,23H,3,5,8-13,17-18H2,1-2H3;1-6H2;2*(H,6,7);1H3/i;;;;;;1D. The molecule has 6 aromatic carbocycles. The number of hydroxylamine groups is 4. The summed E-state index contributed by atoms with van der Waals surface area (Å²) in [5, 5.41) is 25.0. The monoisotopic (exact) mass is 2270 g/mol. The number of carbonyl (C=O) groups excluding carboxylic acids is 8. The summed E-state index contributed by atoms with van der Waals surface area (Å²) < 4.78 is 180. The van der Waals surface area contributed by atoms with Crippen LogP contribution in [0.2, 0.25) is 30.1 Å². The molecule has 3 atom stereocenters. The second-order valence-corrected chi connectivity index (χ2v) is 40.5. The number of carboxylic acids is 2. The minimum absolute atomic E-state index is 0.00819. The first-order valence-corrected chi connectivity index (χ1v) is 53.0. The van der Waals surface area contributed by atoms with Crippen LogP contribution in [0.1, 0.15) is 166 Å². The number of likely N-dealkylation sites (N-methyl/N-ethyl adjacent to an activating group) is 3.